The summed E-state index contributed by atoms with van der Waals surface area (Å²) in [4.78, 5) is 12.6. The van der Waals surface area contributed by atoms with Crippen LogP contribution in [0.3, 0.4) is 0 Å². The summed E-state index contributed by atoms with van der Waals surface area (Å²) in [6, 6.07) is 22.0. The number of unbranched alkanes of at least 4 members (excludes halogenated alkanes) is 13. The third kappa shape index (κ3) is 13.6. The lowest BCUT2D eigenvalue weighted by atomic mass is 10.0. The molecule has 0 bridgehead atoms. The minimum atomic E-state index is -0.405. The second-order valence-corrected chi connectivity index (χ2v) is 10.9. The normalized spacial score (nSPS) is 11.2. The summed E-state index contributed by atoms with van der Waals surface area (Å²) in [5, 5.41) is 8.47. The molecule has 0 saturated carbocycles. The van der Waals surface area contributed by atoms with Crippen molar-refractivity contribution in [2.75, 3.05) is 6.61 Å². The van der Waals surface area contributed by atoms with Crippen molar-refractivity contribution in [3.05, 3.63) is 83.9 Å². The van der Waals surface area contributed by atoms with E-state index in [2.05, 4.69) is 17.2 Å². The number of benzene rings is 3. The Balaban J connectivity index is 1.24. The molecule has 0 atom stereocenters. The van der Waals surface area contributed by atoms with Gasteiger partial charge in [0.05, 0.1) is 23.5 Å². The second-order valence-electron chi connectivity index (χ2n) is 10.9. The van der Waals surface area contributed by atoms with Crippen LogP contribution in [0.5, 0.6) is 11.5 Å². The van der Waals surface area contributed by atoms with Gasteiger partial charge < -0.3 is 9.47 Å². The van der Waals surface area contributed by atoms with Gasteiger partial charge in [0, 0.05) is 0 Å². The number of carbonyl (C=O) groups is 1. The van der Waals surface area contributed by atoms with Gasteiger partial charge in [0.1, 0.15) is 11.5 Å². The van der Waals surface area contributed by atoms with Gasteiger partial charge in [-0.1, -0.05) is 108 Å². The predicted molar refractivity (Wildman–Crippen MR) is 169 cm³/mol. The molecule has 0 aromatic heterocycles. The van der Waals surface area contributed by atoms with Crippen LogP contribution in [-0.4, -0.2) is 12.6 Å². The highest BCUT2D eigenvalue weighted by Crippen LogP contribution is 2.23. The van der Waals surface area contributed by atoms with E-state index in [1.54, 1.807) is 36.4 Å². The van der Waals surface area contributed by atoms with Crippen LogP contribution in [0, 0.1) is 6.92 Å². The summed E-state index contributed by atoms with van der Waals surface area (Å²) in [5.74, 6) is 0.833. The fraction of sp³-hybridized carbons (Fsp3) is 0.472. The highest BCUT2D eigenvalue weighted by Gasteiger charge is 2.09. The Morgan fingerprint density at radius 3 is 1.51 bits per heavy atom. The van der Waals surface area contributed by atoms with E-state index in [1.807, 2.05) is 43.3 Å². The minimum absolute atomic E-state index is 0.405. The SMILES string of the molecule is CCCCCCCCCCCCCCCCOc1ccc(C(=O)Oc2ccc(N=Nc3ccc(C)cc3)cc2)cc1. The van der Waals surface area contributed by atoms with Crippen LogP contribution in [0.1, 0.15) is 113 Å². The number of ether oxygens (including phenoxy) is 2. The molecule has 0 fully saturated rings. The standard InChI is InChI=1S/C36H48N2O3/c1-3-4-5-6-7-8-9-10-11-12-13-14-15-16-29-40-34-25-19-31(20-26-34)36(39)41-35-27-23-33(24-28-35)38-37-32-21-17-30(2)18-22-32/h17-28H,3-16,29H2,1-2H3. The minimum Gasteiger partial charge on any atom is -0.494 e. The van der Waals surface area contributed by atoms with E-state index in [0.29, 0.717) is 23.6 Å². The maximum Gasteiger partial charge on any atom is 0.343 e. The summed E-state index contributed by atoms with van der Waals surface area (Å²) in [7, 11) is 0. The van der Waals surface area contributed by atoms with Crippen LogP contribution in [0.15, 0.2) is 83.0 Å². The molecule has 0 radical (unpaired) electrons. The van der Waals surface area contributed by atoms with Crippen LogP contribution in [0.4, 0.5) is 11.4 Å². The Bertz CT molecular complexity index is 1140. The Kier molecular flexibility index (Phi) is 15.3. The maximum atomic E-state index is 12.6. The third-order valence-electron chi connectivity index (χ3n) is 7.22. The van der Waals surface area contributed by atoms with Crippen LogP contribution in [0.2, 0.25) is 0 Å². The van der Waals surface area contributed by atoms with Gasteiger partial charge in [-0.05, 0) is 74.0 Å². The average molecular weight is 557 g/mol. The molecule has 220 valence electrons. The highest BCUT2D eigenvalue weighted by molar-refractivity contribution is 5.91. The first-order chi connectivity index (χ1) is 20.1. The Labute approximate surface area is 247 Å². The van der Waals surface area contributed by atoms with Crippen molar-refractivity contribution in [2.24, 2.45) is 10.2 Å². The van der Waals surface area contributed by atoms with E-state index in [9.17, 15) is 4.79 Å². The van der Waals surface area contributed by atoms with E-state index < -0.39 is 5.97 Å². The van der Waals surface area contributed by atoms with Gasteiger partial charge in [-0.2, -0.15) is 10.2 Å². The molecule has 3 aromatic rings. The van der Waals surface area contributed by atoms with Crippen molar-refractivity contribution in [1.82, 2.24) is 0 Å². The van der Waals surface area contributed by atoms with E-state index in [4.69, 9.17) is 9.47 Å². The monoisotopic (exact) mass is 556 g/mol. The maximum absolute atomic E-state index is 12.6. The number of hydrogen-bond donors (Lipinski definition) is 0. The molecule has 0 aliphatic rings. The lowest BCUT2D eigenvalue weighted by Gasteiger charge is -2.08. The van der Waals surface area contributed by atoms with Gasteiger partial charge in [0.15, 0.2) is 0 Å². The van der Waals surface area contributed by atoms with Gasteiger partial charge in [-0.25, -0.2) is 4.79 Å². The molecule has 41 heavy (non-hydrogen) atoms. The summed E-state index contributed by atoms with van der Waals surface area (Å²) in [6.07, 6.45) is 18.8. The largest absolute Gasteiger partial charge is 0.494 e. The van der Waals surface area contributed by atoms with Crippen LogP contribution < -0.4 is 9.47 Å². The lowest BCUT2D eigenvalue weighted by Crippen LogP contribution is -2.08. The van der Waals surface area contributed by atoms with Crippen LogP contribution in [-0.2, 0) is 0 Å². The molecule has 0 saturated heterocycles. The second kappa shape index (κ2) is 19.6. The molecule has 0 N–H and O–H groups in total. The molecule has 0 heterocycles. The van der Waals surface area contributed by atoms with Crippen molar-refractivity contribution < 1.29 is 14.3 Å². The number of rotatable bonds is 20. The zero-order valence-corrected chi connectivity index (χ0v) is 25.2. The van der Waals surface area contributed by atoms with Gasteiger partial charge in [-0.15, -0.1) is 0 Å². The molecule has 5 nitrogen and oxygen atoms in total. The molecule has 0 aliphatic carbocycles. The van der Waals surface area contributed by atoms with Crippen LogP contribution >= 0.6 is 0 Å². The van der Waals surface area contributed by atoms with Gasteiger partial charge >= 0.3 is 5.97 Å². The number of hydrogen-bond acceptors (Lipinski definition) is 5. The van der Waals surface area contributed by atoms with E-state index in [-0.39, 0.29) is 0 Å². The van der Waals surface area contributed by atoms with Crippen molar-refractivity contribution in [3.8, 4) is 11.5 Å². The fourth-order valence-electron chi connectivity index (χ4n) is 4.65. The molecule has 3 aromatic carbocycles. The topological polar surface area (TPSA) is 60.2 Å². The smallest absolute Gasteiger partial charge is 0.343 e. The first-order valence-electron chi connectivity index (χ1n) is 15.7. The van der Waals surface area contributed by atoms with Crippen molar-refractivity contribution >= 4 is 17.3 Å². The van der Waals surface area contributed by atoms with Gasteiger partial charge in [0.2, 0.25) is 0 Å². The number of azo groups is 1. The predicted octanol–water partition coefficient (Wildman–Crippen LogP) is 11.5. The van der Waals surface area contributed by atoms with Crippen molar-refractivity contribution in [1.29, 1.82) is 0 Å². The van der Waals surface area contributed by atoms with E-state index >= 15 is 0 Å². The molecule has 0 amide bonds. The molecule has 3 rings (SSSR count). The third-order valence-corrected chi connectivity index (χ3v) is 7.22. The quantitative estimate of drug-likeness (QED) is 0.0602. The Morgan fingerprint density at radius 2 is 1.00 bits per heavy atom. The lowest BCUT2D eigenvalue weighted by molar-refractivity contribution is 0.0734. The average Bonchev–Trinajstić information content (AvgIpc) is 3.00. The van der Waals surface area contributed by atoms with Crippen molar-refractivity contribution in [2.45, 2.75) is 104 Å². The number of esters is 1. The molecular weight excluding hydrogens is 508 g/mol. The van der Waals surface area contributed by atoms with Crippen LogP contribution in [0.25, 0.3) is 0 Å². The Hall–Kier alpha value is -3.47. The molecule has 0 aliphatic heterocycles. The summed E-state index contributed by atoms with van der Waals surface area (Å²) in [6.45, 7) is 5.01. The first kappa shape index (κ1) is 32.0. The fourth-order valence-corrected chi connectivity index (χ4v) is 4.65. The summed E-state index contributed by atoms with van der Waals surface area (Å²) >= 11 is 0. The van der Waals surface area contributed by atoms with Gasteiger partial charge in [0.25, 0.3) is 0 Å². The summed E-state index contributed by atoms with van der Waals surface area (Å²) in [5.41, 5.74) is 3.14. The van der Waals surface area contributed by atoms with E-state index in [0.717, 1.165) is 17.9 Å². The first-order valence-corrected chi connectivity index (χ1v) is 15.7. The highest BCUT2D eigenvalue weighted by atomic mass is 16.5. The molecular formula is C36H48N2O3. The zero-order valence-electron chi connectivity index (χ0n) is 25.2. The zero-order chi connectivity index (χ0) is 29.0. The Morgan fingerprint density at radius 1 is 0.561 bits per heavy atom. The van der Waals surface area contributed by atoms with Crippen molar-refractivity contribution in [3.63, 3.8) is 0 Å². The number of carbonyl (C=O) groups excluding carboxylic acids is 1. The molecule has 5 heteroatoms. The number of aryl methyl sites for hydroxylation is 1. The number of nitrogens with zero attached hydrogens (tertiary/aromatic N) is 2. The summed E-state index contributed by atoms with van der Waals surface area (Å²) < 4.78 is 11.4. The molecule has 0 unspecified atom stereocenters. The van der Waals surface area contributed by atoms with Gasteiger partial charge in [-0.3, -0.25) is 0 Å². The molecule has 0 spiro atoms. The van der Waals surface area contributed by atoms with E-state index in [1.165, 1.54) is 89.0 Å².